The monoisotopic (exact) mass is 318 g/mol. The molecule has 0 fully saturated rings. The predicted molar refractivity (Wildman–Crippen MR) is 80.1 cm³/mol. The molecule has 0 saturated heterocycles. The number of hydrogen-bond acceptors (Lipinski definition) is 4. The number of benzene rings is 1. The molecule has 0 radical (unpaired) electrons. The number of nitrogens with one attached hydrogen (secondary N) is 1. The van der Waals surface area contributed by atoms with Crippen LogP contribution in [0.15, 0.2) is 23.1 Å². The Morgan fingerprint density at radius 1 is 1.33 bits per heavy atom. The lowest BCUT2D eigenvalue weighted by atomic mass is 10.2. The third-order valence-electron chi connectivity index (χ3n) is 3.02. The highest BCUT2D eigenvalue weighted by atomic mass is 32.2. The molecule has 0 bridgehead atoms. The Morgan fingerprint density at radius 3 is 2.67 bits per heavy atom. The summed E-state index contributed by atoms with van der Waals surface area (Å²) in [5.74, 6) is -0.737. The Kier molecular flexibility index (Phi) is 7.24. The van der Waals surface area contributed by atoms with Crippen LogP contribution in [0.25, 0.3) is 0 Å². The van der Waals surface area contributed by atoms with Gasteiger partial charge >= 0.3 is 0 Å². The van der Waals surface area contributed by atoms with Crippen LogP contribution in [0.4, 0.5) is 4.39 Å². The highest BCUT2D eigenvalue weighted by Crippen LogP contribution is 2.20. The zero-order chi connectivity index (χ0) is 15.9. The van der Waals surface area contributed by atoms with Crippen LogP contribution in [0.3, 0.4) is 0 Å². The quantitative estimate of drug-likeness (QED) is 0.703. The van der Waals surface area contributed by atoms with Crippen molar-refractivity contribution < 1.29 is 17.5 Å². The molecule has 1 N–H and O–H groups in total. The van der Waals surface area contributed by atoms with Gasteiger partial charge in [-0.2, -0.15) is 4.31 Å². The van der Waals surface area contributed by atoms with Crippen LogP contribution in [-0.4, -0.2) is 46.1 Å². The third-order valence-corrected chi connectivity index (χ3v) is 4.89. The third kappa shape index (κ3) is 5.03. The molecule has 21 heavy (non-hydrogen) atoms. The molecule has 0 unspecified atom stereocenters. The van der Waals surface area contributed by atoms with Crippen molar-refractivity contribution in [3.8, 4) is 0 Å². The van der Waals surface area contributed by atoms with Gasteiger partial charge in [-0.05, 0) is 31.2 Å². The lowest BCUT2D eigenvalue weighted by Crippen LogP contribution is -2.31. The molecule has 1 rings (SSSR count). The van der Waals surface area contributed by atoms with E-state index in [0.29, 0.717) is 13.2 Å². The first-order valence-electron chi connectivity index (χ1n) is 6.96. The minimum absolute atomic E-state index is 0.188. The van der Waals surface area contributed by atoms with Crippen molar-refractivity contribution in [3.05, 3.63) is 29.6 Å². The van der Waals surface area contributed by atoms with Gasteiger partial charge in [0.15, 0.2) is 0 Å². The fourth-order valence-corrected chi connectivity index (χ4v) is 3.02. The van der Waals surface area contributed by atoms with Crippen LogP contribution < -0.4 is 5.32 Å². The van der Waals surface area contributed by atoms with Crippen molar-refractivity contribution in [1.82, 2.24) is 9.62 Å². The van der Waals surface area contributed by atoms with Crippen molar-refractivity contribution in [3.63, 3.8) is 0 Å². The number of sulfonamides is 1. The van der Waals surface area contributed by atoms with Crippen LogP contribution in [0.1, 0.15) is 19.4 Å². The summed E-state index contributed by atoms with van der Waals surface area (Å²) < 4.78 is 44.9. The number of halogens is 1. The zero-order valence-electron chi connectivity index (χ0n) is 12.7. The summed E-state index contributed by atoms with van der Waals surface area (Å²) in [5.41, 5.74) is 0.732. The first kappa shape index (κ1) is 18.0. The van der Waals surface area contributed by atoms with E-state index in [1.54, 1.807) is 6.07 Å². The average molecular weight is 318 g/mol. The average Bonchev–Trinajstić information content (AvgIpc) is 2.46. The molecule has 0 amide bonds. The van der Waals surface area contributed by atoms with Gasteiger partial charge in [-0.3, -0.25) is 0 Å². The predicted octanol–water partition coefficient (Wildman–Crippen LogP) is 1.59. The topological polar surface area (TPSA) is 58.6 Å². The van der Waals surface area contributed by atoms with Crippen molar-refractivity contribution in [2.24, 2.45) is 0 Å². The first-order chi connectivity index (χ1) is 9.93. The van der Waals surface area contributed by atoms with Crippen LogP contribution >= 0.6 is 0 Å². The van der Waals surface area contributed by atoms with Gasteiger partial charge in [0, 0.05) is 26.7 Å². The van der Waals surface area contributed by atoms with E-state index in [1.165, 1.54) is 19.2 Å². The first-order valence-corrected chi connectivity index (χ1v) is 8.40. The summed E-state index contributed by atoms with van der Waals surface area (Å²) >= 11 is 0. The van der Waals surface area contributed by atoms with Gasteiger partial charge in [-0.1, -0.05) is 13.0 Å². The molecule has 1 aromatic carbocycles. The van der Waals surface area contributed by atoms with Crippen molar-refractivity contribution in [2.45, 2.75) is 25.3 Å². The van der Waals surface area contributed by atoms with Gasteiger partial charge in [-0.25, -0.2) is 12.8 Å². The van der Waals surface area contributed by atoms with Crippen LogP contribution in [0.2, 0.25) is 0 Å². The summed E-state index contributed by atoms with van der Waals surface area (Å²) in [6, 6.07) is 4.15. The van der Waals surface area contributed by atoms with Gasteiger partial charge in [0.05, 0.1) is 6.61 Å². The summed E-state index contributed by atoms with van der Waals surface area (Å²) in [6.45, 7) is 6.02. The van der Waals surface area contributed by atoms with Gasteiger partial charge in [0.2, 0.25) is 10.0 Å². The number of likely N-dealkylation sites (N-methyl/N-ethyl adjacent to an activating group) is 1. The maximum atomic E-state index is 13.9. The lowest BCUT2D eigenvalue weighted by molar-refractivity contribution is 0.138. The van der Waals surface area contributed by atoms with Crippen molar-refractivity contribution in [1.29, 1.82) is 0 Å². The van der Waals surface area contributed by atoms with E-state index < -0.39 is 15.8 Å². The molecule has 0 aliphatic carbocycles. The van der Waals surface area contributed by atoms with E-state index in [4.69, 9.17) is 4.74 Å². The highest BCUT2D eigenvalue weighted by molar-refractivity contribution is 7.89. The van der Waals surface area contributed by atoms with E-state index in [0.717, 1.165) is 16.4 Å². The Bertz CT molecular complexity index is 549. The minimum atomic E-state index is -3.85. The molecular weight excluding hydrogens is 295 g/mol. The van der Waals surface area contributed by atoms with Crippen LogP contribution in [0, 0.1) is 5.82 Å². The van der Waals surface area contributed by atoms with Gasteiger partial charge in [-0.15, -0.1) is 0 Å². The van der Waals surface area contributed by atoms with E-state index in [1.807, 2.05) is 13.8 Å². The molecule has 7 heteroatoms. The lowest BCUT2D eigenvalue weighted by Gasteiger charge is -2.18. The molecule has 0 heterocycles. The smallest absolute Gasteiger partial charge is 0.245 e. The Labute approximate surface area is 126 Å². The number of hydrogen-bond donors (Lipinski definition) is 1. The summed E-state index contributed by atoms with van der Waals surface area (Å²) in [5, 5.41) is 3.08. The fraction of sp³-hybridized carbons (Fsp3) is 0.571. The molecule has 120 valence electrons. The van der Waals surface area contributed by atoms with Crippen LogP contribution in [0.5, 0.6) is 0 Å². The second-order valence-electron chi connectivity index (χ2n) is 4.57. The SMILES string of the molecule is CCNCc1ccc(F)c(S(=O)(=O)N(C)CCOCC)c1. The normalized spacial score (nSPS) is 12.0. The summed E-state index contributed by atoms with van der Waals surface area (Å²) in [6.07, 6.45) is 0. The standard InChI is InChI=1S/C14H23FN2O3S/c1-4-16-11-12-6-7-13(15)14(10-12)21(18,19)17(3)8-9-20-5-2/h6-7,10,16H,4-5,8-9,11H2,1-3H3. The molecular formula is C14H23FN2O3S. The maximum absolute atomic E-state index is 13.9. The van der Waals surface area contributed by atoms with Crippen LogP contribution in [-0.2, 0) is 21.3 Å². The zero-order valence-corrected chi connectivity index (χ0v) is 13.5. The Balaban J connectivity index is 2.95. The van der Waals surface area contributed by atoms with Gasteiger partial charge in [0.1, 0.15) is 10.7 Å². The highest BCUT2D eigenvalue weighted by Gasteiger charge is 2.24. The summed E-state index contributed by atoms with van der Waals surface area (Å²) in [7, 11) is -2.43. The number of ether oxygens (including phenoxy) is 1. The molecule has 0 saturated carbocycles. The summed E-state index contributed by atoms with van der Waals surface area (Å²) in [4.78, 5) is -0.295. The molecule has 0 spiro atoms. The Hall–Kier alpha value is -1.02. The van der Waals surface area contributed by atoms with Crippen molar-refractivity contribution >= 4 is 10.0 Å². The minimum Gasteiger partial charge on any atom is -0.380 e. The second-order valence-corrected chi connectivity index (χ2v) is 6.58. The van der Waals surface area contributed by atoms with E-state index in [9.17, 15) is 12.8 Å². The van der Waals surface area contributed by atoms with Crippen molar-refractivity contribution in [2.75, 3.05) is 33.4 Å². The van der Waals surface area contributed by atoms with Gasteiger partial charge in [0.25, 0.3) is 0 Å². The van der Waals surface area contributed by atoms with Gasteiger partial charge < -0.3 is 10.1 Å². The van der Waals surface area contributed by atoms with E-state index in [-0.39, 0.29) is 18.0 Å². The second kappa shape index (κ2) is 8.43. The largest absolute Gasteiger partial charge is 0.380 e. The molecule has 5 nitrogen and oxygen atoms in total. The Morgan fingerprint density at radius 2 is 2.05 bits per heavy atom. The molecule has 0 atom stereocenters. The fourth-order valence-electron chi connectivity index (χ4n) is 1.75. The molecule has 1 aromatic rings. The number of nitrogens with zero attached hydrogens (tertiary/aromatic N) is 1. The van der Waals surface area contributed by atoms with E-state index >= 15 is 0 Å². The molecule has 0 aliphatic rings. The molecule has 0 aromatic heterocycles. The van der Waals surface area contributed by atoms with E-state index in [2.05, 4.69) is 5.32 Å². The maximum Gasteiger partial charge on any atom is 0.245 e. The number of rotatable bonds is 9. The molecule has 0 aliphatic heterocycles.